The van der Waals surface area contributed by atoms with Gasteiger partial charge >= 0.3 is 0 Å². The zero-order valence-corrected chi connectivity index (χ0v) is 16.4. The molecule has 1 heterocycles. The Morgan fingerprint density at radius 1 is 1.10 bits per heavy atom. The van der Waals surface area contributed by atoms with Crippen LogP contribution in [0.25, 0.3) is 11.0 Å². The average Bonchev–Trinajstić information content (AvgIpc) is 3.19. The van der Waals surface area contributed by atoms with Gasteiger partial charge in [0.05, 0.1) is 23.1 Å². The summed E-state index contributed by atoms with van der Waals surface area (Å²) in [5.74, 6) is 0.145. The second-order valence-electron chi connectivity index (χ2n) is 7.26. The summed E-state index contributed by atoms with van der Waals surface area (Å²) in [7, 11) is 0. The Morgan fingerprint density at radius 2 is 1.83 bits per heavy atom. The number of benzene rings is 2. The van der Waals surface area contributed by atoms with Crippen molar-refractivity contribution in [1.82, 2.24) is 15.3 Å². The summed E-state index contributed by atoms with van der Waals surface area (Å²) in [4.78, 5) is 20.2. The predicted molar refractivity (Wildman–Crippen MR) is 114 cm³/mol. The van der Waals surface area contributed by atoms with E-state index >= 15 is 0 Å². The molecule has 3 aromatic rings. The first-order valence-corrected chi connectivity index (χ1v) is 10.0. The number of H-pyrrole nitrogens is 1. The number of aryl methyl sites for hydroxylation is 1. The summed E-state index contributed by atoms with van der Waals surface area (Å²) in [6, 6.07) is 16.4. The largest absolute Gasteiger partial charge is 0.383 e. The maximum absolute atomic E-state index is 12.6. The zero-order chi connectivity index (χ0) is 20.6. The number of hydrogen-bond acceptors (Lipinski definition) is 5. The number of nitrogens with one attached hydrogen (secondary N) is 2. The molecule has 29 heavy (non-hydrogen) atoms. The van der Waals surface area contributed by atoms with Crippen molar-refractivity contribution in [2.24, 2.45) is 11.5 Å². The quantitative estimate of drug-likeness (QED) is 0.357. The molecule has 3 rings (SSSR count). The van der Waals surface area contributed by atoms with E-state index in [0.29, 0.717) is 38.1 Å². The SMILES string of the molecule is NCCC[C@@H](N)C(=O)N[C@H](CCc1ccccc1)C(O)c1nc2ccccc2[nH]1. The van der Waals surface area contributed by atoms with E-state index < -0.39 is 18.2 Å². The fourth-order valence-corrected chi connectivity index (χ4v) is 3.34. The van der Waals surface area contributed by atoms with Crippen molar-refractivity contribution in [2.45, 2.75) is 43.9 Å². The number of carbonyl (C=O) groups is 1. The van der Waals surface area contributed by atoms with Crippen molar-refractivity contribution in [3.8, 4) is 0 Å². The third kappa shape index (κ3) is 5.63. The van der Waals surface area contributed by atoms with E-state index in [-0.39, 0.29) is 5.91 Å². The highest BCUT2D eigenvalue weighted by atomic mass is 16.3. The highest BCUT2D eigenvalue weighted by Gasteiger charge is 2.27. The third-order valence-corrected chi connectivity index (χ3v) is 5.04. The Bertz CT molecular complexity index is 879. The maximum Gasteiger partial charge on any atom is 0.237 e. The van der Waals surface area contributed by atoms with Crippen LogP contribution in [0.2, 0.25) is 0 Å². The van der Waals surface area contributed by atoms with Gasteiger partial charge in [0.15, 0.2) is 0 Å². The van der Waals surface area contributed by atoms with Crippen LogP contribution in [0.5, 0.6) is 0 Å². The van der Waals surface area contributed by atoms with E-state index in [1.54, 1.807) is 0 Å². The van der Waals surface area contributed by atoms with Gasteiger partial charge < -0.3 is 26.9 Å². The number of aliphatic hydroxyl groups is 1. The summed E-state index contributed by atoms with van der Waals surface area (Å²) in [5, 5.41) is 13.9. The number of nitrogens with two attached hydrogens (primary N) is 2. The van der Waals surface area contributed by atoms with E-state index in [0.717, 1.165) is 16.6 Å². The van der Waals surface area contributed by atoms with Gasteiger partial charge in [0.25, 0.3) is 0 Å². The minimum Gasteiger partial charge on any atom is -0.383 e. The first-order chi connectivity index (χ1) is 14.1. The molecule has 0 bridgehead atoms. The number of para-hydroxylation sites is 2. The molecule has 7 N–H and O–H groups in total. The molecule has 1 unspecified atom stereocenters. The fourth-order valence-electron chi connectivity index (χ4n) is 3.34. The van der Waals surface area contributed by atoms with Gasteiger partial charge in [0.2, 0.25) is 5.91 Å². The van der Waals surface area contributed by atoms with Crippen molar-refractivity contribution in [1.29, 1.82) is 0 Å². The molecule has 7 heteroatoms. The number of fused-ring (bicyclic) bond motifs is 1. The van der Waals surface area contributed by atoms with Gasteiger partial charge in [0, 0.05) is 0 Å². The van der Waals surface area contributed by atoms with Gasteiger partial charge in [-0.25, -0.2) is 4.98 Å². The molecule has 0 aliphatic carbocycles. The highest BCUT2D eigenvalue weighted by molar-refractivity contribution is 5.81. The number of aliphatic hydroxyl groups excluding tert-OH is 1. The Balaban J connectivity index is 1.75. The smallest absolute Gasteiger partial charge is 0.237 e. The van der Waals surface area contributed by atoms with Gasteiger partial charge in [-0.3, -0.25) is 4.79 Å². The number of imidazole rings is 1. The first kappa shape index (κ1) is 21.0. The average molecular weight is 396 g/mol. The van der Waals surface area contributed by atoms with Crippen LogP contribution in [-0.4, -0.2) is 39.6 Å². The topological polar surface area (TPSA) is 130 Å². The van der Waals surface area contributed by atoms with E-state index in [4.69, 9.17) is 11.5 Å². The van der Waals surface area contributed by atoms with Crippen LogP contribution in [0.1, 0.15) is 36.8 Å². The lowest BCUT2D eigenvalue weighted by Crippen LogP contribution is -2.48. The van der Waals surface area contributed by atoms with Crippen molar-refractivity contribution < 1.29 is 9.90 Å². The summed E-state index contributed by atoms with van der Waals surface area (Å²) >= 11 is 0. The second kappa shape index (κ2) is 10.2. The van der Waals surface area contributed by atoms with E-state index in [9.17, 15) is 9.90 Å². The lowest BCUT2D eigenvalue weighted by molar-refractivity contribution is -0.124. The molecule has 0 radical (unpaired) electrons. The van der Waals surface area contributed by atoms with E-state index in [1.165, 1.54) is 0 Å². The number of aromatic amines is 1. The normalized spacial score (nSPS) is 14.4. The Hall–Kier alpha value is -2.74. The van der Waals surface area contributed by atoms with Crippen LogP contribution in [-0.2, 0) is 11.2 Å². The van der Waals surface area contributed by atoms with Gasteiger partial charge in [-0.2, -0.15) is 0 Å². The summed E-state index contributed by atoms with van der Waals surface area (Å²) < 4.78 is 0. The molecule has 0 aliphatic heterocycles. The van der Waals surface area contributed by atoms with Gasteiger partial charge in [-0.05, 0) is 49.9 Å². The second-order valence-corrected chi connectivity index (χ2v) is 7.26. The molecule has 0 aliphatic rings. The van der Waals surface area contributed by atoms with Crippen LogP contribution in [0.4, 0.5) is 0 Å². The van der Waals surface area contributed by atoms with Crippen molar-refractivity contribution in [2.75, 3.05) is 6.54 Å². The number of rotatable bonds is 10. The maximum atomic E-state index is 12.6. The molecule has 0 saturated carbocycles. The third-order valence-electron chi connectivity index (χ3n) is 5.04. The van der Waals surface area contributed by atoms with Crippen molar-refractivity contribution in [3.63, 3.8) is 0 Å². The fraction of sp³-hybridized carbons (Fsp3) is 0.364. The van der Waals surface area contributed by atoms with Gasteiger partial charge in [-0.15, -0.1) is 0 Å². The number of aromatic nitrogens is 2. The number of nitrogens with zero attached hydrogens (tertiary/aromatic N) is 1. The summed E-state index contributed by atoms with van der Waals surface area (Å²) in [6.45, 7) is 0.486. The molecular formula is C22H29N5O2. The Labute approximate surface area is 170 Å². The standard InChI is InChI=1S/C22H29N5O2/c23-14-6-9-16(24)22(29)27-19(13-12-15-7-2-1-3-8-15)20(28)21-25-17-10-4-5-11-18(17)26-21/h1-5,7-8,10-11,16,19-20,28H,6,9,12-14,23-24H2,(H,25,26)(H,27,29)/t16-,19-,20?/m1/s1. The van der Waals surface area contributed by atoms with E-state index in [2.05, 4.69) is 15.3 Å². The first-order valence-electron chi connectivity index (χ1n) is 10.0. The molecule has 1 aromatic heterocycles. The van der Waals surface area contributed by atoms with E-state index in [1.807, 2.05) is 54.6 Å². The Kier molecular flexibility index (Phi) is 7.35. The highest BCUT2D eigenvalue weighted by Crippen LogP contribution is 2.21. The van der Waals surface area contributed by atoms with Crippen LogP contribution >= 0.6 is 0 Å². The van der Waals surface area contributed by atoms with Gasteiger partial charge in [0.1, 0.15) is 11.9 Å². The van der Waals surface area contributed by atoms with Crippen LogP contribution in [0.3, 0.4) is 0 Å². The summed E-state index contributed by atoms with van der Waals surface area (Å²) in [6.07, 6.45) is 1.47. The lowest BCUT2D eigenvalue weighted by Gasteiger charge is -2.24. The zero-order valence-electron chi connectivity index (χ0n) is 16.4. The monoisotopic (exact) mass is 395 g/mol. The predicted octanol–water partition coefficient (Wildman–Crippen LogP) is 1.78. The molecule has 2 aromatic carbocycles. The van der Waals surface area contributed by atoms with Crippen LogP contribution < -0.4 is 16.8 Å². The van der Waals surface area contributed by atoms with Crippen molar-refractivity contribution in [3.05, 3.63) is 66.0 Å². The minimum atomic E-state index is -0.975. The number of carbonyl (C=O) groups excluding carboxylic acids is 1. The molecule has 0 spiro atoms. The molecule has 1 amide bonds. The minimum absolute atomic E-state index is 0.285. The molecule has 0 fully saturated rings. The molecular weight excluding hydrogens is 366 g/mol. The molecule has 3 atom stereocenters. The van der Waals surface area contributed by atoms with Crippen LogP contribution in [0, 0.1) is 0 Å². The van der Waals surface area contributed by atoms with Crippen LogP contribution in [0.15, 0.2) is 54.6 Å². The summed E-state index contributed by atoms with van der Waals surface area (Å²) in [5.41, 5.74) is 14.2. The Morgan fingerprint density at radius 3 is 2.55 bits per heavy atom. The van der Waals surface area contributed by atoms with Crippen molar-refractivity contribution >= 4 is 16.9 Å². The number of hydrogen-bond donors (Lipinski definition) is 5. The molecule has 0 saturated heterocycles. The molecule has 154 valence electrons. The molecule has 7 nitrogen and oxygen atoms in total. The van der Waals surface area contributed by atoms with Gasteiger partial charge in [-0.1, -0.05) is 42.5 Å². The number of amides is 1. The lowest BCUT2D eigenvalue weighted by atomic mass is 10.00.